The maximum absolute atomic E-state index is 12.5. The predicted octanol–water partition coefficient (Wildman–Crippen LogP) is 1.81. The molecule has 0 atom stereocenters. The van der Waals surface area contributed by atoms with Crippen molar-refractivity contribution < 1.29 is 13.9 Å². The molecular formula is C7H11FO2. The van der Waals surface area contributed by atoms with Gasteiger partial charge in [0.15, 0.2) is 0 Å². The van der Waals surface area contributed by atoms with Crippen LogP contribution in [0.1, 0.15) is 20.3 Å². The number of hydrogen-bond acceptors (Lipinski definition) is 2. The fourth-order valence-electron chi connectivity index (χ4n) is 0.430. The number of hydrogen-bond donors (Lipinski definition) is 0. The van der Waals surface area contributed by atoms with E-state index in [4.69, 9.17) is 0 Å². The van der Waals surface area contributed by atoms with Crippen LogP contribution in [-0.4, -0.2) is 11.8 Å². The molecule has 0 fully saturated rings. The first-order valence-corrected chi connectivity index (χ1v) is 2.97. The Labute approximate surface area is 59.7 Å². The molecule has 0 bridgehead atoms. The van der Waals surface area contributed by atoms with E-state index >= 15 is 0 Å². The predicted molar refractivity (Wildman–Crippen MR) is 36.1 cm³/mol. The van der Waals surface area contributed by atoms with Crippen molar-refractivity contribution in [3.8, 4) is 0 Å². The third kappa shape index (κ3) is 5.28. The smallest absolute Gasteiger partial charge is 0.312 e. The molecule has 0 saturated heterocycles. The van der Waals surface area contributed by atoms with E-state index in [2.05, 4.69) is 11.3 Å². The standard InChI is InChI=1S/C7H11FO2/c1-4-5-6(9)10-7(2,3)8/h4H,1,5H2,2-3H3. The third-order valence-electron chi connectivity index (χ3n) is 0.668. The van der Waals surface area contributed by atoms with Gasteiger partial charge in [0.25, 0.3) is 0 Å². The highest BCUT2D eigenvalue weighted by molar-refractivity contribution is 5.71. The Morgan fingerprint density at radius 3 is 2.60 bits per heavy atom. The zero-order chi connectivity index (χ0) is 8.20. The summed E-state index contributed by atoms with van der Waals surface area (Å²) in [6, 6.07) is 0. The SMILES string of the molecule is C=CCC(=O)OC(C)(C)F. The van der Waals surface area contributed by atoms with Crippen LogP contribution >= 0.6 is 0 Å². The molecule has 0 saturated carbocycles. The lowest BCUT2D eigenvalue weighted by Crippen LogP contribution is -2.21. The summed E-state index contributed by atoms with van der Waals surface area (Å²) in [5, 5.41) is 0. The van der Waals surface area contributed by atoms with Gasteiger partial charge in [-0.1, -0.05) is 6.08 Å². The van der Waals surface area contributed by atoms with Gasteiger partial charge in [-0.15, -0.1) is 6.58 Å². The zero-order valence-electron chi connectivity index (χ0n) is 6.19. The summed E-state index contributed by atoms with van der Waals surface area (Å²) in [7, 11) is 0. The van der Waals surface area contributed by atoms with Gasteiger partial charge in [0, 0.05) is 13.8 Å². The van der Waals surface area contributed by atoms with Gasteiger partial charge in [-0.2, -0.15) is 4.39 Å². The zero-order valence-corrected chi connectivity index (χ0v) is 6.19. The number of carbonyl (C=O) groups is 1. The van der Waals surface area contributed by atoms with Crippen molar-refractivity contribution in [2.45, 2.75) is 26.1 Å². The van der Waals surface area contributed by atoms with Gasteiger partial charge in [-0.3, -0.25) is 4.79 Å². The van der Waals surface area contributed by atoms with Gasteiger partial charge in [0.1, 0.15) is 0 Å². The lowest BCUT2D eigenvalue weighted by Gasteiger charge is -2.13. The van der Waals surface area contributed by atoms with Gasteiger partial charge in [-0.05, 0) is 0 Å². The van der Waals surface area contributed by atoms with Gasteiger partial charge < -0.3 is 4.74 Å². The average Bonchev–Trinajstić information content (AvgIpc) is 1.59. The van der Waals surface area contributed by atoms with Crippen molar-refractivity contribution in [2.24, 2.45) is 0 Å². The van der Waals surface area contributed by atoms with Crippen LogP contribution in [0.15, 0.2) is 12.7 Å². The van der Waals surface area contributed by atoms with Crippen LogP contribution in [0, 0.1) is 0 Å². The molecule has 58 valence electrons. The molecule has 0 aliphatic carbocycles. The van der Waals surface area contributed by atoms with Crippen LogP contribution in [0.4, 0.5) is 4.39 Å². The molecule has 10 heavy (non-hydrogen) atoms. The van der Waals surface area contributed by atoms with Crippen LogP contribution in [0.2, 0.25) is 0 Å². The number of halogens is 1. The quantitative estimate of drug-likeness (QED) is 0.448. The fourth-order valence-corrected chi connectivity index (χ4v) is 0.430. The van der Waals surface area contributed by atoms with E-state index < -0.39 is 11.8 Å². The second-order valence-electron chi connectivity index (χ2n) is 2.33. The number of carbonyl (C=O) groups excluding carboxylic acids is 1. The fraction of sp³-hybridized carbons (Fsp3) is 0.571. The van der Waals surface area contributed by atoms with Gasteiger partial charge in [-0.25, -0.2) is 0 Å². The van der Waals surface area contributed by atoms with Crippen molar-refractivity contribution >= 4 is 5.97 Å². The van der Waals surface area contributed by atoms with E-state index in [0.717, 1.165) is 0 Å². The highest BCUT2D eigenvalue weighted by Gasteiger charge is 2.19. The first-order chi connectivity index (χ1) is 4.45. The second kappa shape index (κ2) is 3.34. The highest BCUT2D eigenvalue weighted by atomic mass is 19.2. The molecule has 2 nitrogen and oxygen atoms in total. The molecule has 0 heterocycles. The summed E-state index contributed by atoms with van der Waals surface area (Å²) >= 11 is 0. The minimum absolute atomic E-state index is 0.0490. The lowest BCUT2D eigenvalue weighted by molar-refractivity contribution is -0.172. The summed E-state index contributed by atoms with van der Waals surface area (Å²) in [5.74, 6) is -2.47. The Bertz CT molecular complexity index is 135. The van der Waals surface area contributed by atoms with Crippen LogP contribution in [0.3, 0.4) is 0 Å². The maximum Gasteiger partial charge on any atom is 0.312 e. The molecule has 0 amide bonds. The molecule has 0 aromatic carbocycles. The van der Waals surface area contributed by atoms with Gasteiger partial charge in [0.2, 0.25) is 5.85 Å². The number of rotatable bonds is 3. The van der Waals surface area contributed by atoms with E-state index in [1.165, 1.54) is 19.9 Å². The molecular weight excluding hydrogens is 135 g/mol. The van der Waals surface area contributed by atoms with Crippen molar-refractivity contribution in [3.63, 3.8) is 0 Å². The molecule has 0 N–H and O–H groups in total. The van der Waals surface area contributed by atoms with E-state index in [1.807, 2.05) is 0 Å². The molecule has 0 aliphatic heterocycles. The largest absolute Gasteiger partial charge is 0.429 e. The Hall–Kier alpha value is -0.860. The Morgan fingerprint density at radius 1 is 1.80 bits per heavy atom. The summed E-state index contributed by atoms with van der Waals surface area (Å²) in [6.45, 7) is 5.66. The molecule has 0 unspecified atom stereocenters. The third-order valence-corrected chi connectivity index (χ3v) is 0.668. The number of ether oxygens (including phenoxy) is 1. The summed E-state index contributed by atoms with van der Waals surface area (Å²) in [6.07, 6.45) is 1.42. The van der Waals surface area contributed by atoms with Crippen LogP contribution in [0.25, 0.3) is 0 Å². The maximum atomic E-state index is 12.5. The lowest BCUT2D eigenvalue weighted by atomic mass is 10.4. The molecule has 0 rings (SSSR count). The second-order valence-corrected chi connectivity index (χ2v) is 2.33. The Morgan fingerprint density at radius 2 is 2.30 bits per heavy atom. The van der Waals surface area contributed by atoms with Gasteiger partial charge in [0.05, 0.1) is 6.42 Å². The Balaban J connectivity index is 3.68. The summed E-state index contributed by atoms with van der Waals surface area (Å²) < 4.78 is 16.8. The average molecular weight is 146 g/mol. The first kappa shape index (κ1) is 9.14. The van der Waals surface area contributed by atoms with Crippen molar-refractivity contribution in [1.29, 1.82) is 0 Å². The normalized spacial score (nSPS) is 10.7. The van der Waals surface area contributed by atoms with Crippen LogP contribution in [0.5, 0.6) is 0 Å². The number of alkyl halides is 1. The van der Waals surface area contributed by atoms with Crippen molar-refractivity contribution in [3.05, 3.63) is 12.7 Å². The Kier molecular flexibility index (Phi) is 3.06. The molecule has 3 heteroatoms. The first-order valence-electron chi connectivity index (χ1n) is 2.97. The topological polar surface area (TPSA) is 26.3 Å². The molecule has 0 aromatic rings. The van der Waals surface area contributed by atoms with Crippen LogP contribution in [-0.2, 0) is 9.53 Å². The minimum Gasteiger partial charge on any atom is -0.429 e. The molecule has 0 aromatic heterocycles. The van der Waals surface area contributed by atoms with E-state index in [-0.39, 0.29) is 6.42 Å². The van der Waals surface area contributed by atoms with E-state index in [9.17, 15) is 9.18 Å². The van der Waals surface area contributed by atoms with E-state index in [0.29, 0.717) is 0 Å². The monoisotopic (exact) mass is 146 g/mol. The molecule has 0 aliphatic rings. The summed E-state index contributed by atoms with van der Waals surface area (Å²) in [5.41, 5.74) is 0. The van der Waals surface area contributed by atoms with Crippen LogP contribution < -0.4 is 0 Å². The number of esters is 1. The summed E-state index contributed by atoms with van der Waals surface area (Å²) in [4.78, 5) is 10.5. The molecule has 0 radical (unpaired) electrons. The van der Waals surface area contributed by atoms with Gasteiger partial charge >= 0.3 is 5.97 Å². The van der Waals surface area contributed by atoms with E-state index in [1.54, 1.807) is 0 Å². The highest BCUT2D eigenvalue weighted by Crippen LogP contribution is 2.10. The molecule has 0 spiro atoms. The minimum atomic E-state index is -1.87. The van der Waals surface area contributed by atoms with Crippen molar-refractivity contribution in [2.75, 3.05) is 0 Å². The van der Waals surface area contributed by atoms with Crippen molar-refractivity contribution in [1.82, 2.24) is 0 Å².